The van der Waals surface area contributed by atoms with Crippen molar-refractivity contribution in [2.24, 2.45) is 0 Å². The zero-order valence-corrected chi connectivity index (χ0v) is 11.7. The number of anilines is 1. The average molecular weight is 315 g/mol. The van der Waals surface area contributed by atoms with Crippen molar-refractivity contribution in [3.05, 3.63) is 33.9 Å². The van der Waals surface area contributed by atoms with Gasteiger partial charge in [-0.2, -0.15) is 0 Å². The lowest BCUT2D eigenvalue weighted by molar-refractivity contribution is -0.384. The number of unbranched alkanes of at least 4 members (excludes halogenated alkanes) is 1. The molecular weight excluding hydrogens is 300 g/mol. The maximum atomic E-state index is 11.2. The molecule has 6 heteroatoms. The Morgan fingerprint density at radius 3 is 2.78 bits per heavy atom. The van der Waals surface area contributed by atoms with Crippen molar-refractivity contribution in [1.82, 2.24) is 0 Å². The molecule has 0 spiro atoms. The summed E-state index contributed by atoms with van der Waals surface area (Å²) >= 11 is 3.00. The quantitative estimate of drug-likeness (QED) is 0.497. The molecule has 0 aliphatic rings. The number of carbonyl (C=O) groups excluding carboxylic acids is 1. The van der Waals surface area contributed by atoms with E-state index >= 15 is 0 Å². The summed E-state index contributed by atoms with van der Waals surface area (Å²) in [5, 5.41) is 13.6. The molecule has 0 unspecified atom stereocenters. The number of nitrogens with one attached hydrogen (secondary N) is 1. The third kappa shape index (κ3) is 4.10. The molecule has 0 aromatic heterocycles. The molecule has 0 fully saturated rings. The van der Waals surface area contributed by atoms with Gasteiger partial charge < -0.3 is 5.32 Å². The van der Waals surface area contributed by atoms with Gasteiger partial charge in [0.25, 0.3) is 5.69 Å². The van der Waals surface area contributed by atoms with Gasteiger partial charge in [0, 0.05) is 6.07 Å². The Bertz CT molecular complexity index is 449. The highest BCUT2D eigenvalue weighted by atomic mass is 79.9. The predicted octanol–water partition coefficient (Wildman–Crippen LogP) is 3.27. The number of carbonyl (C=O) groups is 1. The van der Waals surface area contributed by atoms with Gasteiger partial charge in [0.05, 0.1) is 10.3 Å². The summed E-state index contributed by atoms with van der Waals surface area (Å²) in [5.74, 6) is -0.306. The van der Waals surface area contributed by atoms with Crippen LogP contribution in [0.3, 0.4) is 0 Å². The van der Waals surface area contributed by atoms with E-state index in [9.17, 15) is 14.9 Å². The topological polar surface area (TPSA) is 72.2 Å². The van der Waals surface area contributed by atoms with Gasteiger partial charge in [-0.1, -0.05) is 35.3 Å². The Morgan fingerprint density at radius 2 is 2.22 bits per heavy atom. The molecule has 0 saturated heterocycles. The van der Waals surface area contributed by atoms with E-state index in [1.54, 1.807) is 6.07 Å². The van der Waals surface area contributed by atoms with E-state index < -0.39 is 4.92 Å². The summed E-state index contributed by atoms with van der Waals surface area (Å²) in [6.07, 6.45) is 2.84. The van der Waals surface area contributed by atoms with Crippen molar-refractivity contribution in [2.75, 3.05) is 10.6 Å². The van der Waals surface area contributed by atoms with Crippen LogP contribution in [0.5, 0.6) is 0 Å². The maximum absolute atomic E-state index is 11.2. The van der Waals surface area contributed by atoms with E-state index in [1.165, 1.54) is 6.07 Å². The summed E-state index contributed by atoms with van der Waals surface area (Å²) in [6.45, 7) is 2.07. The van der Waals surface area contributed by atoms with E-state index in [-0.39, 0.29) is 22.6 Å². The first-order valence-corrected chi connectivity index (χ1v) is 6.83. The molecule has 0 saturated carbocycles. The normalized spacial score (nSPS) is 10.1. The lowest BCUT2D eigenvalue weighted by Gasteiger charge is -2.06. The summed E-state index contributed by atoms with van der Waals surface area (Å²) in [6, 6.07) is 4.93. The van der Waals surface area contributed by atoms with Crippen LogP contribution in [0, 0.1) is 10.1 Å². The smallest absolute Gasteiger partial charge is 0.293 e. The van der Waals surface area contributed by atoms with Crippen molar-refractivity contribution < 1.29 is 9.72 Å². The number of aryl methyl sites for hydroxylation is 1. The number of amides is 1. The molecule has 0 bridgehead atoms. The number of nitro groups is 1. The van der Waals surface area contributed by atoms with E-state index in [0.29, 0.717) is 0 Å². The third-order valence-electron chi connectivity index (χ3n) is 2.47. The zero-order valence-electron chi connectivity index (χ0n) is 10.1. The highest BCUT2D eigenvalue weighted by molar-refractivity contribution is 9.09. The highest BCUT2D eigenvalue weighted by Gasteiger charge is 2.16. The van der Waals surface area contributed by atoms with Crippen LogP contribution in [-0.4, -0.2) is 16.2 Å². The number of hydrogen-bond acceptors (Lipinski definition) is 3. The fourth-order valence-electron chi connectivity index (χ4n) is 1.55. The minimum atomic E-state index is -0.473. The van der Waals surface area contributed by atoms with Crippen LogP contribution >= 0.6 is 15.9 Å². The van der Waals surface area contributed by atoms with Crippen molar-refractivity contribution in [3.63, 3.8) is 0 Å². The summed E-state index contributed by atoms with van der Waals surface area (Å²) in [7, 11) is 0. The average Bonchev–Trinajstić information content (AvgIpc) is 2.37. The molecule has 1 amide bonds. The second-order valence-electron chi connectivity index (χ2n) is 3.89. The number of nitrogens with zero attached hydrogens (tertiary/aromatic N) is 1. The number of halogens is 1. The first-order valence-electron chi connectivity index (χ1n) is 5.71. The van der Waals surface area contributed by atoms with Crippen molar-refractivity contribution in [1.29, 1.82) is 0 Å². The molecule has 0 aliphatic carbocycles. The van der Waals surface area contributed by atoms with Crippen LogP contribution < -0.4 is 5.32 Å². The van der Waals surface area contributed by atoms with Crippen molar-refractivity contribution in [2.45, 2.75) is 26.2 Å². The van der Waals surface area contributed by atoms with Gasteiger partial charge in [0.15, 0.2) is 0 Å². The van der Waals surface area contributed by atoms with Crippen LogP contribution in [0.15, 0.2) is 18.2 Å². The molecule has 1 aromatic carbocycles. The van der Waals surface area contributed by atoms with Gasteiger partial charge in [0.2, 0.25) is 5.91 Å². The Kier molecular flexibility index (Phi) is 5.77. The zero-order chi connectivity index (χ0) is 13.5. The first kappa shape index (κ1) is 14.6. The highest BCUT2D eigenvalue weighted by Crippen LogP contribution is 2.26. The number of alkyl halides is 1. The summed E-state index contributed by atoms with van der Waals surface area (Å²) in [5.41, 5.74) is 1.10. The van der Waals surface area contributed by atoms with E-state index in [0.717, 1.165) is 24.8 Å². The predicted molar refractivity (Wildman–Crippen MR) is 74.1 cm³/mol. The molecule has 0 atom stereocenters. The monoisotopic (exact) mass is 314 g/mol. The molecule has 1 rings (SSSR count). The van der Waals surface area contributed by atoms with Gasteiger partial charge in [-0.05, 0) is 24.5 Å². The van der Waals surface area contributed by atoms with Crippen molar-refractivity contribution >= 4 is 33.2 Å². The molecule has 1 N–H and O–H groups in total. The molecule has 18 heavy (non-hydrogen) atoms. The van der Waals surface area contributed by atoms with E-state index in [1.807, 2.05) is 6.07 Å². The molecular formula is C12H15BrN2O3. The number of rotatable bonds is 6. The van der Waals surface area contributed by atoms with Crippen LogP contribution in [0.4, 0.5) is 11.4 Å². The Morgan fingerprint density at radius 1 is 1.50 bits per heavy atom. The van der Waals surface area contributed by atoms with Gasteiger partial charge in [-0.3, -0.25) is 14.9 Å². The van der Waals surface area contributed by atoms with Crippen molar-refractivity contribution in [3.8, 4) is 0 Å². The Hall–Kier alpha value is -1.43. The molecule has 0 aliphatic heterocycles. The second-order valence-corrected chi connectivity index (χ2v) is 4.45. The number of benzene rings is 1. The van der Waals surface area contributed by atoms with Gasteiger partial charge >= 0.3 is 0 Å². The van der Waals surface area contributed by atoms with Crippen LogP contribution in [0.1, 0.15) is 25.3 Å². The third-order valence-corrected chi connectivity index (χ3v) is 2.98. The number of hydrogen-bond donors (Lipinski definition) is 1. The SMILES string of the molecule is CCCCc1ccc(NC(=O)CBr)c([N+](=O)[O-])c1. The molecule has 1 aromatic rings. The van der Waals surface area contributed by atoms with E-state index in [4.69, 9.17) is 0 Å². The second kappa shape index (κ2) is 7.10. The fourth-order valence-corrected chi connectivity index (χ4v) is 1.69. The molecule has 5 nitrogen and oxygen atoms in total. The minimum absolute atomic E-state index is 0.0575. The first-order chi connectivity index (χ1) is 8.58. The van der Waals surface area contributed by atoms with Gasteiger partial charge in [0.1, 0.15) is 5.69 Å². The molecule has 0 heterocycles. The van der Waals surface area contributed by atoms with Gasteiger partial charge in [-0.15, -0.1) is 0 Å². The van der Waals surface area contributed by atoms with Crippen LogP contribution in [-0.2, 0) is 11.2 Å². The lowest BCUT2D eigenvalue weighted by atomic mass is 10.1. The van der Waals surface area contributed by atoms with Crippen LogP contribution in [0.2, 0.25) is 0 Å². The largest absolute Gasteiger partial charge is 0.320 e. The number of nitro benzene ring substituents is 1. The van der Waals surface area contributed by atoms with E-state index in [2.05, 4.69) is 28.2 Å². The fraction of sp³-hybridized carbons (Fsp3) is 0.417. The lowest BCUT2D eigenvalue weighted by Crippen LogP contribution is -2.13. The molecule has 98 valence electrons. The maximum Gasteiger partial charge on any atom is 0.293 e. The summed E-state index contributed by atoms with van der Waals surface area (Å²) < 4.78 is 0. The minimum Gasteiger partial charge on any atom is -0.320 e. The molecule has 0 radical (unpaired) electrons. The Balaban J connectivity index is 2.97. The van der Waals surface area contributed by atoms with Crippen LogP contribution in [0.25, 0.3) is 0 Å². The summed E-state index contributed by atoms with van der Waals surface area (Å²) in [4.78, 5) is 21.7. The Labute approximate surface area is 114 Å². The van der Waals surface area contributed by atoms with Gasteiger partial charge in [-0.25, -0.2) is 0 Å². The standard InChI is InChI=1S/C12H15BrN2O3/c1-2-3-4-9-5-6-10(14-12(16)8-13)11(7-9)15(17)18/h5-7H,2-4,8H2,1H3,(H,14,16).